The number of ether oxygens (including phenoxy) is 3. The van der Waals surface area contributed by atoms with Gasteiger partial charge in [0, 0.05) is 13.2 Å². The number of aliphatic hydroxyl groups is 2. The Balaban J connectivity index is 5.24. The zero-order valence-electron chi connectivity index (χ0n) is 53.1. The summed E-state index contributed by atoms with van der Waals surface area (Å²) >= 11 is 0. The molecule has 0 aromatic rings. The quantitative estimate of drug-likeness (QED) is 0.0469. The fourth-order valence-corrected chi connectivity index (χ4v) is 14.5. The van der Waals surface area contributed by atoms with Crippen LogP contribution in [0.4, 0.5) is 0 Å². The van der Waals surface area contributed by atoms with Gasteiger partial charge in [0.15, 0.2) is 12.6 Å². The van der Waals surface area contributed by atoms with Gasteiger partial charge in [0.05, 0.1) is 12.2 Å². The third-order valence-electron chi connectivity index (χ3n) is 16.8. The lowest BCUT2D eigenvalue weighted by Gasteiger charge is -2.27. The maximum absolute atomic E-state index is 9.81. The van der Waals surface area contributed by atoms with Gasteiger partial charge in [0.1, 0.15) is 0 Å². The van der Waals surface area contributed by atoms with Gasteiger partial charge in [-0.15, -0.1) is 0 Å². The summed E-state index contributed by atoms with van der Waals surface area (Å²) < 4.78 is 20.2. The summed E-state index contributed by atoms with van der Waals surface area (Å²) in [4.78, 5) is 0. The Morgan fingerprint density at radius 3 is 0.699 bits per heavy atom. The molecule has 0 aromatic carbocycles. The number of hydrogen-bond acceptors (Lipinski definition) is 5. The largest absolute Gasteiger partial charge is 0.393 e. The van der Waals surface area contributed by atoms with Crippen molar-refractivity contribution in [1.82, 2.24) is 0 Å². The number of unbranched alkanes of at least 4 members (excludes halogenated alkanes) is 8. The monoisotopic (exact) mass is 1040 g/mol. The highest BCUT2D eigenvalue weighted by atomic mass is 16.8. The summed E-state index contributed by atoms with van der Waals surface area (Å²) in [5, 5.41) is 19.6. The molecule has 0 aromatic heterocycles. The van der Waals surface area contributed by atoms with E-state index in [0.717, 1.165) is 124 Å². The minimum Gasteiger partial charge on any atom is -0.393 e. The maximum Gasteiger partial charge on any atom is 0.160 e. The lowest BCUT2D eigenvalue weighted by Crippen LogP contribution is -2.28. The molecule has 5 heteroatoms. The molecule has 0 spiro atoms. The summed E-state index contributed by atoms with van der Waals surface area (Å²) in [6.45, 7) is 44.4. The van der Waals surface area contributed by atoms with Gasteiger partial charge < -0.3 is 24.4 Å². The molecular weight excluding hydrogens is 897 g/mol. The minimum absolute atomic E-state index is 0.183. The molecule has 0 saturated carbocycles. The van der Waals surface area contributed by atoms with Crippen LogP contribution >= 0.6 is 0 Å². The molecule has 0 aliphatic rings. The molecule has 73 heavy (non-hydrogen) atoms. The third-order valence-corrected chi connectivity index (χ3v) is 16.8. The molecule has 0 fully saturated rings. The predicted molar refractivity (Wildman–Crippen MR) is 322 cm³/mol. The molecule has 0 aliphatic heterocycles. The van der Waals surface area contributed by atoms with E-state index in [1.807, 2.05) is 13.8 Å². The van der Waals surface area contributed by atoms with Crippen LogP contribution in [0.1, 0.15) is 317 Å². The van der Waals surface area contributed by atoms with Gasteiger partial charge in [-0.25, -0.2) is 0 Å². The number of rotatable bonds is 52. The number of hydrogen-bond donors (Lipinski definition) is 2. The van der Waals surface area contributed by atoms with E-state index in [9.17, 15) is 10.2 Å². The average molecular weight is 1040 g/mol. The Kier molecular flexibility index (Phi) is 45.5. The van der Waals surface area contributed by atoms with Crippen molar-refractivity contribution < 1.29 is 24.4 Å². The molecule has 440 valence electrons. The Hall–Kier alpha value is -0.200. The van der Waals surface area contributed by atoms with Crippen molar-refractivity contribution in [2.75, 3.05) is 13.2 Å². The van der Waals surface area contributed by atoms with E-state index in [1.165, 1.54) is 141 Å². The first-order chi connectivity index (χ1) is 34.5. The summed E-state index contributed by atoms with van der Waals surface area (Å²) in [6, 6.07) is 0. The fraction of sp³-hybridized carbons (Fsp3) is 1.00. The van der Waals surface area contributed by atoms with Crippen LogP contribution in [-0.4, -0.2) is 48.2 Å². The van der Waals surface area contributed by atoms with Gasteiger partial charge in [-0.1, -0.05) is 175 Å². The van der Waals surface area contributed by atoms with E-state index >= 15 is 0 Å². The first kappa shape index (κ1) is 72.8. The highest BCUT2D eigenvalue weighted by Gasteiger charge is 2.23. The first-order valence-corrected chi connectivity index (χ1v) is 32.8. The molecule has 18 atom stereocenters. The summed E-state index contributed by atoms with van der Waals surface area (Å²) in [5.41, 5.74) is 0. The van der Waals surface area contributed by atoms with Crippen LogP contribution in [0.15, 0.2) is 0 Å². The van der Waals surface area contributed by atoms with E-state index in [2.05, 4.69) is 111 Å². The van der Waals surface area contributed by atoms with Crippen LogP contribution in [0.5, 0.6) is 0 Å². The zero-order valence-corrected chi connectivity index (χ0v) is 53.1. The van der Waals surface area contributed by atoms with Crippen molar-refractivity contribution in [3.05, 3.63) is 0 Å². The van der Waals surface area contributed by atoms with Gasteiger partial charge in [-0.2, -0.15) is 0 Å². The minimum atomic E-state index is -0.183. The smallest absolute Gasteiger partial charge is 0.160 e. The molecule has 5 nitrogen and oxygen atoms in total. The highest BCUT2D eigenvalue weighted by molar-refractivity contribution is 4.73. The summed E-state index contributed by atoms with van der Waals surface area (Å²) in [5.74, 6) is 10.3. The SMILES string of the molecule is CCCCCCCOC(CCCC(C)CC(C)CC(C)CC(C)CC(C)CC(C)CC(C)CC(C)O)OC(CCCC(C)CC(C)CC(C)CC(C)CC(C)CC(C)CC(C)CC(C)O)OCCCCCCC. The maximum atomic E-state index is 9.81. The highest BCUT2D eigenvalue weighted by Crippen LogP contribution is 2.33. The standard InChI is InChI=1S/C68H138O5/c1-19-21-23-25-27-35-71-67(33-29-31-51(3)37-53(5)39-55(7)41-57(9)43-59(11)45-61(13)47-63(15)49-65(17)69)73-68(72-36-28-26-24-22-20-2)34-30-32-52(4)38-54(6)40-56(8)42-58(10)44-60(12)46-62(14)48-64(16)50-66(18)70/h51-70H,19-50H2,1-18H3. The van der Waals surface area contributed by atoms with E-state index in [1.54, 1.807) is 0 Å². The van der Waals surface area contributed by atoms with E-state index in [4.69, 9.17) is 14.2 Å². The fourth-order valence-electron chi connectivity index (χ4n) is 14.5. The van der Waals surface area contributed by atoms with Crippen molar-refractivity contribution in [2.45, 2.75) is 342 Å². The van der Waals surface area contributed by atoms with Crippen LogP contribution in [0.3, 0.4) is 0 Å². The van der Waals surface area contributed by atoms with Gasteiger partial charge in [-0.05, 0) is 225 Å². The number of aliphatic hydroxyl groups excluding tert-OH is 2. The zero-order chi connectivity index (χ0) is 55.1. The molecular formula is C68H138O5. The second-order valence-electron chi connectivity index (χ2n) is 27.9. The Labute approximate surface area is 460 Å². The van der Waals surface area contributed by atoms with Crippen molar-refractivity contribution in [3.8, 4) is 0 Å². The average Bonchev–Trinajstić information content (AvgIpc) is 3.24. The van der Waals surface area contributed by atoms with Gasteiger partial charge in [-0.3, -0.25) is 0 Å². The van der Waals surface area contributed by atoms with Gasteiger partial charge >= 0.3 is 0 Å². The van der Waals surface area contributed by atoms with Crippen LogP contribution in [0.2, 0.25) is 0 Å². The van der Waals surface area contributed by atoms with Crippen molar-refractivity contribution >= 4 is 0 Å². The molecule has 0 rings (SSSR count). The van der Waals surface area contributed by atoms with E-state index in [0.29, 0.717) is 23.7 Å². The van der Waals surface area contributed by atoms with Crippen molar-refractivity contribution in [1.29, 1.82) is 0 Å². The lowest BCUT2D eigenvalue weighted by atomic mass is 9.80. The molecule has 18 unspecified atom stereocenters. The van der Waals surface area contributed by atoms with Crippen molar-refractivity contribution in [3.63, 3.8) is 0 Å². The molecule has 0 heterocycles. The van der Waals surface area contributed by atoms with Crippen LogP contribution in [0, 0.1) is 82.9 Å². The van der Waals surface area contributed by atoms with Crippen molar-refractivity contribution in [2.24, 2.45) is 82.9 Å². The molecule has 2 N–H and O–H groups in total. The molecule has 0 amide bonds. The van der Waals surface area contributed by atoms with Crippen LogP contribution in [-0.2, 0) is 14.2 Å². The van der Waals surface area contributed by atoms with E-state index in [-0.39, 0.29) is 24.8 Å². The third kappa shape index (κ3) is 45.4. The Bertz CT molecular complexity index is 1090. The van der Waals surface area contributed by atoms with Gasteiger partial charge in [0.25, 0.3) is 0 Å². The Morgan fingerprint density at radius 2 is 0.466 bits per heavy atom. The second kappa shape index (κ2) is 45.6. The normalized spacial score (nSPS) is 19.9. The molecule has 0 bridgehead atoms. The summed E-state index contributed by atoms with van der Waals surface area (Å²) in [6.07, 6.45) is 36.0. The second-order valence-corrected chi connectivity index (χ2v) is 27.9. The predicted octanol–water partition coefficient (Wildman–Crippen LogP) is 21.1. The van der Waals surface area contributed by atoms with Crippen LogP contribution in [0.25, 0.3) is 0 Å². The molecule has 0 radical (unpaired) electrons. The first-order valence-electron chi connectivity index (χ1n) is 32.8. The topological polar surface area (TPSA) is 68.2 Å². The van der Waals surface area contributed by atoms with E-state index < -0.39 is 0 Å². The molecule has 0 saturated heterocycles. The summed E-state index contributed by atoms with van der Waals surface area (Å²) in [7, 11) is 0. The van der Waals surface area contributed by atoms with Gasteiger partial charge in [0.2, 0.25) is 0 Å². The molecule has 0 aliphatic carbocycles. The lowest BCUT2D eigenvalue weighted by molar-refractivity contribution is -0.250. The Morgan fingerprint density at radius 1 is 0.247 bits per heavy atom. The van der Waals surface area contributed by atoms with Crippen LogP contribution < -0.4 is 0 Å².